The Morgan fingerprint density at radius 1 is 0.621 bits per heavy atom. The minimum Gasteiger partial charge on any atom is -0.0654 e. The summed E-state index contributed by atoms with van der Waals surface area (Å²) in [7, 11) is 0. The van der Waals surface area contributed by atoms with Gasteiger partial charge in [-0.15, -0.1) is 0 Å². The molecule has 0 aromatic heterocycles. The molecule has 0 heterocycles. The third kappa shape index (κ3) is 7.32. The Morgan fingerprint density at radius 2 is 1.14 bits per heavy atom. The van der Waals surface area contributed by atoms with Crippen molar-refractivity contribution in [3.8, 4) is 11.1 Å². The Labute approximate surface area is 180 Å². The monoisotopic (exact) mass is 390 g/mol. The van der Waals surface area contributed by atoms with Crippen LogP contribution in [0.4, 0.5) is 0 Å². The lowest BCUT2D eigenvalue weighted by molar-refractivity contribution is 0.302. The summed E-state index contributed by atoms with van der Waals surface area (Å²) in [5, 5.41) is 0. The second-order valence-electron chi connectivity index (χ2n) is 9.47. The number of hydrogen-bond donors (Lipinski definition) is 0. The highest BCUT2D eigenvalue weighted by atomic mass is 14.3. The van der Waals surface area contributed by atoms with Gasteiger partial charge in [0.25, 0.3) is 0 Å². The Balaban J connectivity index is 1.34. The standard InChI is InChI=1S/C29H42/c1-3-4-5-6-7-8-9-10-11-25-14-18-27(19-15-25)29-22-20-28(21-23-29)26-16-12-24(2)13-17-26/h12-13,16-17,20-23,25,27H,3-11,14-15,18-19H2,1-2H3. The summed E-state index contributed by atoms with van der Waals surface area (Å²) < 4.78 is 0. The second kappa shape index (κ2) is 12.2. The lowest BCUT2D eigenvalue weighted by atomic mass is 9.77. The van der Waals surface area contributed by atoms with Crippen LogP contribution in [-0.2, 0) is 0 Å². The van der Waals surface area contributed by atoms with Crippen LogP contribution < -0.4 is 0 Å². The number of unbranched alkanes of at least 4 members (excludes halogenated alkanes) is 7. The molecule has 0 atom stereocenters. The van der Waals surface area contributed by atoms with Gasteiger partial charge >= 0.3 is 0 Å². The molecule has 0 nitrogen and oxygen atoms in total. The van der Waals surface area contributed by atoms with Crippen LogP contribution in [0.2, 0.25) is 0 Å². The lowest BCUT2D eigenvalue weighted by Gasteiger charge is -2.29. The summed E-state index contributed by atoms with van der Waals surface area (Å²) in [4.78, 5) is 0. The zero-order valence-electron chi connectivity index (χ0n) is 19.0. The first kappa shape index (κ1) is 22.1. The molecule has 2 aromatic carbocycles. The van der Waals surface area contributed by atoms with E-state index in [9.17, 15) is 0 Å². The topological polar surface area (TPSA) is 0 Å². The smallest absolute Gasteiger partial charge is 0.0162 e. The molecule has 2 aromatic rings. The molecular weight excluding hydrogens is 348 g/mol. The largest absolute Gasteiger partial charge is 0.0654 e. The highest BCUT2D eigenvalue weighted by Gasteiger charge is 2.22. The van der Waals surface area contributed by atoms with Gasteiger partial charge in [-0.2, -0.15) is 0 Å². The third-order valence-electron chi connectivity index (χ3n) is 7.08. The molecule has 1 fully saturated rings. The van der Waals surface area contributed by atoms with Crippen molar-refractivity contribution in [3.63, 3.8) is 0 Å². The Morgan fingerprint density at radius 3 is 1.72 bits per heavy atom. The zero-order chi connectivity index (χ0) is 20.3. The maximum atomic E-state index is 2.39. The Kier molecular flexibility index (Phi) is 9.32. The summed E-state index contributed by atoms with van der Waals surface area (Å²) in [6.07, 6.45) is 18.7. The molecule has 0 heteroatoms. The van der Waals surface area contributed by atoms with E-state index in [1.807, 2.05) is 0 Å². The molecule has 0 amide bonds. The van der Waals surface area contributed by atoms with Gasteiger partial charge in [0, 0.05) is 0 Å². The van der Waals surface area contributed by atoms with Crippen molar-refractivity contribution >= 4 is 0 Å². The molecule has 0 spiro atoms. The second-order valence-corrected chi connectivity index (χ2v) is 9.47. The minimum atomic E-state index is 0.789. The molecule has 1 aliphatic carbocycles. The quantitative estimate of drug-likeness (QED) is 0.335. The van der Waals surface area contributed by atoms with E-state index in [0.29, 0.717) is 0 Å². The van der Waals surface area contributed by atoms with Crippen LogP contribution in [0.15, 0.2) is 48.5 Å². The van der Waals surface area contributed by atoms with E-state index in [-0.39, 0.29) is 0 Å². The van der Waals surface area contributed by atoms with Crippen molar-refractivity contribution in [1.82, 2.24) is 0 Å². The van der Waals surface area contributed by atoms with E-state index in [0.717, 1.165) is 11.8 Å². The van der Waals surface area contributed by atoms with Crippen LogP contribution in [0.25, 0.3) is 11.1 Å². The van der Waals surface area contributed by atoms with Crippen molar-refractivity contribution in [2.45, 2.75) is 103 Å². The summed E-state index contributed by atoms with van der Waals surface area (Å²) in [6.45, 7) is 4.45. The molecule has 0 unspecified atom stereocenters. The highest BCUT2D eigenvalue weighted by Crippen LogP contribution is 2.38. The first-order valence-corrected chi connectivity index (χ1v) is 12.4. The van der Waals surface area contributed by atoms with Crippen molar-refractivity contribution in [2.75, 3.05) is 0 Å². The van der Waals surface area contributed by atoms with Crippen LogP contribution >= 0.6 is 0 Å². The molecule has 1 saturated carbocycles. The van der Waals surface area contributed by atoms with Gasteiger partial charge < -0.3 is 0 Å². The molecule has 0 radical (unpaired) electrons. The van der Waals surface area contributed by atoms with E-state index in [4.69, 9.17) is 0 Å². The minimum absolute atomic E-state index is 0.789. The fourth-order valence-corrected chi connectivity index (χ4v) is 5.05. The summed E-state index contributed by atoms with van der Waals surface area (Å²) in [5.41, 5.74) is 5.56. The van der Waals surface area contributed by atoms with Gasteiger partial charge in [-0.1, -0.05) is 119 Å². The van der Waals surface area contributed by atoms with E-state index in [1.165, 1.54) is 100 Å². The summed E-state index contributed by atoms with van der Waals surface area (Å²) >= 11 is 0. The molecule has 0 N–H and O–H groups in total. The number of benzene rings is 2. The Bertz CT molecular complexity index is 671. The highest BCUT2D eigenvalue weighted by molar-refractivity contribution is 5.64. The molecule has 0 saturated heterocycles. The van der Waals surface area contributed by atoms with Crippen LogP contribution in [0, 0.1) is 12.8 Å². The van der Waals surface area contributed by atoms with Crippen LogP contribution in [-0.4, -0.2) is 0 Å². The van der Waals surface area contributed by atoms with E-state index >= 15 is 0 Å². The molecule has 158 valence electrons. The van der Waals surface area contributed by atoms with Crippen molar-refractivity contribution < 1.29 is 0 Å². The molecular formula is C29H42. The van der Waals surface area contributed by atoms with E-state index in [2.05, 4.69) is 62.4 Å². The predicted molar refractivity (Wildman–Crippen MR) is 129 cm³/mol. The van der Waals surface area contributed by atoms with Crippen molar-refractivity contribution in [1.29, 1.82) is 0 Å². The van der Waals surface area contributed by atoms with Crippen LogP contribution in [0.1, 0.15) is 107 Å². The predicted octanol–water partition coefficient (Wildman–Crippen LogP) is 9.47. The van der Waals surface area contributed by atoms with Gasteiger partial charge in [0.15, 0.2) is 0 Å². The fraction of sp³-hybridized carbons (Fsp3) is 0.586. The lowest BCUT2D eigenvalue weighted by Crippen LogP contribution is -2.13. The molecule has 3 rings (SSSR count). The fourth-order valence-electron chi connectivity index (χ4n) is 5.05. The van der Waals surface area contributed by atoms with Gasteiger partial charge in [-0.05, 0) is 61.1 Å². The molecule has 0 aliphatic heterocycles. The maximum Gasteiger partial charge on any atom is -0.0162 e. The van der Waals surface area contributed by atoms with Crippen molar-refractivity contribution in [3.05, 3.63) is 59.7 Å². The van der Waals surface area contributed by atoms with Crippen LogP contribution in [0.5, 0.6) is 0 Å². The average molecular weight is 391 g/mol. The first-order valence-electron chi connectivity index (χ1n) is 12.4. The molecule has 1 aliphatic rings. The van der Waals surface area contributed by atoms with Gasteiger partial charge in [-0.25, -0.2) is 0 Å². The van der Waals surface area contributed by atoms with E-state index in [1.54, 1.807) is 5.56 Å². The average Bonchev–Trinajstić information content (AvgIpc) is 2.77. The SMILES string of the molecule is CCCCCCCCCCC1CCC(c2ccc(-c3ccc(C)cc3)cc2)CC1. The summed E-state index contributed by atoms with van der Waals surface area (Å²) in [5.74, 6) is 1.79. The zero-order valence-corrected chi connectivity index (χ0v) is 19.0. The number of aryl methyl sites for hydroxylation is 1. The van der Waals surface area contributed by atoms with Crippen LogP contribution in [0.3, 0.4) is 0 Å². The van der Waals surface area contributed by atoms with E-state index < -0.39 is 0 Å². The maximum absolute atomic E-state index is 2.39. The summed E-state index contributed by atoms with van der Waals surface area (Å²) in [6, 6.07) is 18.3. The van der Waals surface area contributed by atoms with Gasteiger partial charge in [0.05, 0.1) is 0 Å². The van der Waals surface area contributed by atoms with Gasteiger partial charge in [-0.3, -0.25) is 0 Å². The number of rotatable bonds is 11. The van der Waals surface area contributed by atoms with Crippen molar-refractivity contribution in [2.24, 2.45) is 5.92 Å². The third-order valence-corrected chi connectivity index (χ3v) is 7.08. The Hall–Kier alpha value is -1.56. The van der Waals surface area contributed by atoms with Gasteiger partial charge in [0.1, 0.15) is 0 Å². The molecule has 0 bridgehead atoms. The normalized spacial score (nSPS) is 19.4. The van der Waals surface area contributed by atoms with Gasteiger partial charge in [0.2, 0.25) is 0 Å². The number of hydrogen-bond acceptors (Lipinski definition) is 0. The first-order chi connectivity index (χ1) is 14.3. The molecule has 29 heavy (non-hydrogen) atoms.